The summed E-state index contributed by atoms with van der Waals surface area (Å²) in [5.41, 5.74) is 0.484. The molecule has 2 saturated heterocycles. The van der Waals surface area contributed by atoms with E-state index in [2.05, 4.69) is 10.3 Å². The summed E-state index contributed by atoms with van der Waals surface area (Å²) in [5.74, 6) is -0.203. The zero-order valence-corrected chi connectivity index (χ0v) is 13.7. The van der Waals surface area contributed by atoms with E-state index in [1.54, 1.807) is 18.3 Å². The Morgan fingerprint density at radius 3 is 2.74 bits per heavy atom. The highest BCUT2D eigenvalue weighted by atomic mass is 32.2. The first kappa shape index (κ1) is 16.4. The highest BCUT2D eigenvalue weighted by molar-refractivity contribution is 7.86. The van der Waals surface area contributed by atoms with E-state index in [9.17, 15) is 13.2 Å². The van der Waals surface area contributed by atoms with Gasteiger partial charge in [0, 0.05) is 38.4 Å². The van der Waals surface area contributed by atoms with E-state index in [4.69, 9.17) is 4.74 Å². The van der Waals surface area contributed by atoms with Crippen LogP contribution in [-0.2, 0) is 14.9 Å². The average molecular weight is 342 g/mol. The Balaban J connectivity index is 1.62. The van der Waals surface area contributed by atoms with Gasteiger partial charge in [0.15, 0.2) is 0 Å². The van der Waals surface area contributed by atoms with E-state index in [0.717, 1.165) is 12.8 Å². The molecule has 1 unspecified atom stereocenters. The van der Waals surface area contributed by atoms with Gasteiger partial charge in [0.05, 0.1) is 13.2 Å². The molecule has 0 bridgehead atoms. The molecule has 3 rings (SSSR count). The van der Waals surface area contributed by atoms with E-state index in [1.807, 2.05) is 0 Å². The maximum atomic E-state index is 12.7. The molecule has 9 heteroatoms. The molecule has 0 radical (unpaired) electrons. The smallest absolute Gasteiger partial charge is 0.282 e. The van der Waals surface area contributed by atoms with Crippen LogP contribution >= 0.6 is 0 Å². The third kappa shape index (κ3) is 3.74. The van der Waals surface area contributed by atoms with Crippen LogP contribution < -0.4 is 5.32 Å². The maximum Gasteiger partial charge on any atom is 0.282 e. The van der Waals surface area contributed by atoms with Crippen molar-refractivity contribution in [3.05, 3.63) is 24.0 Å². The number of carbonyl (C=O) groups excluding carboxylic acids is 1. The number of carbonyl (C=O) groups is 1. The van der Waals surface area contributed by atoms with Gasteiger partial charge in [-0.05, 0) is 25.0 Å². The molecule has 2 fully saturated rings. The first-order valence-corrected chi connectivity index (χ1v) is 9.24. The third-order valence-electron chi connectivity index (χ3n) is 4.18. The lowest BCUT2D eigenvalue weighted by molar-refractivity contribution is 0.0692. The second-order valence-corrected chi connectivity index (χ2v) is 7.70. The van der Waals surface area contributed by atoms with Crippen molar-refractivity contribution < 1.29 is 17.9 Å². The number of H-pyrrole nitrogens is 1. The SMILES string of the molecule is O=C(NC1CCCN(S(=O)(=O)N2CCOCC2)C1)c1ccc[nH]1. The average Bonchev–Trinajstić information content (AvgIpc) is 3.10. The van der Waals surface area contributed by atoms with Crippen molar-refractivity contribution in [2.45, 2.75) is 18.9 Å². The number of hydrogen-bond acceptors (Lipinski definition) is 4. The fraction of sp³-hybridized carbons (Fsp3) is 0.643. The number of rotatable bonds is 4. The summed E-state index contributed by atoms with van der Waals surface area (Å²) < 4.78 is 33.5. The Kier molecular flexibility index (Phi) is 5.00. The van der Waals surface area contributed by atoms with Crippen LogP contribution in [0.2, 0.25) is 0 Å². The number of ether oxygens (including phenoxy) is 1. The molecular formula is C14H22N4O4S. The number of hydrogen-bond donors (Lipinski definition) is 2. The molecule has 23 heavy (non-hydrogen) atoms. The molecule has 2 aliphatic rings. The minimum Gasteiger partial charge on any atom is -0.379 e. The van der Waals surface area contributed by atoms with Gasteiger partial charge in [-0.25, -0.2) is 0 Å². The van der Waals surface area contributed by atoms with Crippen molar-refractivity contribution >= 4 is 16.1 Å². The van der Waals surface area contributed by atoms with Gasteiger partial charge in [-0.1, -0.05) is 0 Å². The molecule has 1 amide bonds. The summed E-state index contributed by atoms with van der Waals surface area (Å²) in [6, 6.07) is 3.28. The zero-order valence-electron chi connectivity index (χ0n) is 12.9. The summed E-state index contributed by atoms with van der Waals surface area (Å²) in [5, 5.41) is 2.91. The minimum absolute atomic E-state index is 0.171. The number of aromatic amines is 1. The second-order valence-electron chi connectivity index (χ2n) is 5.77. The van der Waals surface area contributed by atoms with Gasteiger partial charge in [0.25, 0.3) is 16.1 Å². The standard InChI is InChI=1S/C14H22N4O4S/c19-14(13-4-1-5-15-13)16-12-3-2-6-18(11-12)23(20,21)17-7-9-22-10-8-17/h1,4-5,12,15H,2-3,6-11H2,(H,16,19). The molecule has 2 aliphatic heterocycles. The van der Waals surface area contributed by atoms with Crippen LogP contribution in [0.4, 0.5) is 0 Å². The Hall–Kier alpha value is -1.42. The molecule has 2 N–H and O–H groups in total. The minimum atomic E-state index is -3.48. The van der Waals surface area contributed by atoms with Crippen molar-refractivity contribution in [1.82, 2.24) is 18.9 Å². The monoisotopic (exact) mass is 342 g/mol. The number of amides is 1. The van der Waals surface area contributed by atoms with Crippen LogP contribution in [0, 0.1) is 0 Å². The quantitative estimate of drug-likeness (QED) is 0.791. The molecular weight excluding hydrogens is 320 g/mol. The van der Waals surface area contributed by atoms with E-state index in [-0.39, 0.29) is 11.9 Å². The van der Waals surface area contributed by atoms with Crippen LogP contribution in [0.3, 0.4) is 0 Å². The lowest BCUT2D eigenvalue weighted by Gasteiger charge is -2.36. The van der Waals surface area contributed by atoms with Gasteiger partial charge in [-0.3, -0.25) is 4.79 Å². The van der Waals surface area contributed by atoms with Crippen molar-refractivity contribution in [1.29, 1.82) is 0 Å². The van der Waals surface area contributed by atoms with Crippen LogP contribution in [0.15, 0.2) is 18.3 Å². The Morgan fingerprint density at radius 1 is 1.26 bits per heavy atom. The number of morpholine rings is 1. The summed E-state index contributed by atoms with van der Waals surface area (Å²) >= 11 is 0. The Bertz CT molecular complexity index is 625. The summed E-state index contributed by atoms with van der Waals surface area (Å²) in [6.07, 6.45) is 3.20. The largest absolute Gasteiger partial charge is 0.379 e. The second kappa shape index (κ2) is 7.00. The Morgan fingerprint density at radius 2 is 2.04 bits per heavy atom. The normalized spacial score (nSPS) is 24.4. The van der Waals surface area contributed by atoms with Crippen molar-refractivity contribution in [2.24, 2.45) is 0 Å². The van der Waals surface area contributed by atoms with Crippen LogP contribution in [-0.4, -0.2) is 73.4 Å². The zero-order chi connectivity index (χ0) is 16.3. The topological polar surface area (TPSA) is 94.7 Å². The van der Waals surface area contributed by atoms with Crippen molar-refractivity contribution in [3.8, 4) is 0 Å². The molecule has 128 valence electrons. The molecule has 8 nitrogen and oxygen atoms in total. The van der Waals surface area contributed by atoms with Gasteiger partial charge in [-0.15, -0.1) is 0 Å². The number of piperidine rings is 1. The van der Waals surface area contributed by atoms with E-state index >= 15 is 0 Å². The maximum absolute atomic E-state index is 12.7. The summed E-state index contributed by atoms with van der Waals surface area (Å²) in [7, 11) is -3.48. The predicted molar refractivity (Wildman–Crippen MR) is 84.2 cm³/mol. The molecule has 0 spiro atoms. The summed E-state index contributed by atoms with van der Waals surface area (Å²) in [6.45, 7) is 2.44. The van der Waals surface area contributed by atoms with Gasteiger partial charge < -0.3 is 15.0 Å². The number of nitrogens with one attached hydrogen (secondary N) is 2. The van der Waals surface area contributed by atoms with Crippen LogP contribution in [0.1, 0.15) is 23.3 Å². The van der Waals surface area contributed by atoms with Gasteiger partial charge >= 0.3 is 0 Å². The molecule has 1 aromatic heterocycles. The van der Waals surface area contributed by atoms with E-state index < -0.39 is 10.2 Å². The number of aromatic nitrogens is 1. The van der Waals surface area contributed by atoms with Crippen molar-refractivity contribution in [2.75, 3.05) is 39.4 Å². The lowest BCUT2D eigenvalue weighted by atomic mass is 10.1. The molecule has 0 aromatic carbocycles. The first-order valence-electron chi connectivity index (χ1n) is 7.84. The molecule has 1 aromatic rings. The predicted octanol–water partition coefficient (Wildman–Crippen LogP) is -0.214. The third-order valence-corrected chi connectivity index (χ3v) is 6.19. The molecule has 0 aliphatic carbocycles. The van der Waals surface area contributed by atoms with Gasteiger partial charge in [-0.2, -0.15) is 17.0 Å². The Labute approximate surface area is 136 Å². The molecule has 1 atom stereocenters. The lowest BCUT2D eigenvalue weighted by Crippen LogP contribution is -2.55. The first-order chi connectivity index (χ1) is 11.1. The highest BCUT2D eigenvalue weighted by Crippen LogP contribution is 2.18. The fourth-order valence-electron chi connectivity index (χ4n) is 2.95. The molecule has 0 saturated carbocycles. The van der Waals surface area contributed by atoms with Crippen molar-refractivity contribution in [3.63, 3.8) is 0 Å². The summed E-state index contributed by atoms with van der Waals surface area (Å²) in [4.78, 5) is 14.9. The van der Waals surface area contributed by atoms with Crippen LogP contribution in [0.5, 0.6) is 0 Å². The highest BCUT2D eigenvalue weighted by Gasteiger charge is 2.34. The van der Waals surface area contributed by atoms with Crippen LogP contribution in [0.25, 0.3) is 0 Å². The fourth-order valence-corrected chi connectivity index (χ4v) is 4.61. The van der Waals surface area contributed by atoms with E-state index in [0.29, 0.717) is 45.1 Å². The van der Waals surface area contributed by atoms with Gasteiger partial charge in [0.2, 0.25) is 0 Å². The van der Waals surface area contributed by atoms with Gasteiger partial charge in [0.1, 0.15) is 5.69 Å². The van der Waals surface area contributed by atoms with E-state index in [1.165, 1.54) is 8.61 Å². The molecule has 3 heterocycles. The number of nitrogens with zero attached hydrogens (tertiary/aromatic N) is 2.